The smallest absolute Gasteiger partial charge is 0.329 e. The van der Waals surface area contributed by atoms with Crippen molar-refractivity contribution in [3.05, 3.63) is 30.0 Å². The van der Waals surface area contributed by atoms with Crippen LogP contribution in [0.4, 0.5) is 5.82 Å². The molecule has 19 heavy (non-hydrogen) atoms. The van der Waals surface area contributed by atoms with E-state index in [1.165, 1.54) is 0 Å². The van der Waals surface area contributed by atoms with E-state index in [4.69, 9.17) is 9.84 Å². The molecule has 0 saturated carbocycles. The number of para-hydroxylation sites is 2. The number of carboxylic acids is 1. The van der Waals surface area contributed by atoms with Crippen LogP contribution in [0.15, 0.2) is 24.3 Å². The summed E-state index contributed by atoms with van der Waals surface area (Å²) in [7, 11) is 0. The summed E-state index contributed by atoms with van der Waals surface area (Å²) < 4.78 is 4.93. The van der Waals surface area contributed by atoms with Crippen LogP contribution in [0.2, 0.25) is 0 Å². The Morgan fingerprint density at radius 3 is 2.68 bits per heavy atom. The summed E-state index contributed by atoms with van der Waals surface area (Å²) in [5.74, 6) is -0.278. The zero-order valence-corrected chi connectivity index (χ0v) is 10.6. The van der Waals surface area contributed by atoms with Gasteiger partial charge >= 0.3 is 5.97 Å². The van der Waals surface area contributed by atoms with Crippen LogP contribution < -0.4 is 5.32 Å². The Bertz CT molecular complexity index is 586. The van der Waals surface area contributed by atoms with Crippen molar-refractivity contribution in [2.75, 3.05) is 25.1 Å². The van der Waals surface area contributed by atoms with Gasteiger partial charge in [0, 0.05) is 6.54 Å². The Balaban J connectivity index is 1.96. The van der Waals surface area contributed by atoms with Crippen LogP contribution >= 0.6 is 0 Å². The Labute approximate surface area is 110 Å². The number of hydrogen-bond acceptors (Lipinski definition) is 5. The average molecular weight is 261 g/mol. The summed E-state index contributed by atoms with van der Waals surface area (Å²) in [6, 6.07) is 7.64. The van der Waals surface area contributed by atoms with E-state index in [0.29, 0.717) is 19.0 Å². The molecule has 1 aromatic carbocycles. The fraction of sp³-hybridized carbons (Fsp3) is 0.308. The first kappa shape index (κ1) is 13.2. The number of carboxylic acid groups (broad SMARTS) is 1. The fourth-order valence-corrected chi connectivity index (χ4v) is 1.66. The minimum absolute atomic E-state index is 0.288. The van der Waals surface area contributed by atoms with E-state index in [-0.39, 0.29) is 6.61 Å². The molecule has 0 unspecified atom stereocenters. The minimum atomic E-state index is -0.971. The Hall–Kier alpha value is -2.21. The SMILES string of the molecule is Cc1nc2ccccc2nc1NCCOCC(=O)O. The standard InChI is InChI=1S/C13H15N3O3/c1-9-13(14-6-7-19-8-12(17)18)16-11-5-3-2-4-10(11)15-9/h2-5H,6-8H2,1H3,(H,14,16)(H,17,18). The number of aromatic nitrogens is 2. The average Bonchev–Trinajstić information content (AvgIpc) is 2.38. The first-order valence-electron chi connectivity index (χ1n) is 5.93. The molecule has 2 N–H and O–H groups in total. The number of ether oxygens (including phenoxy) is 1. The van der Waals surface area contributed by atoms with Crippen molar-refractivity contribution < 1.29 is 14.6 Å². The van der Waals surface area contributed by atoms with Gasteiger partial charge in [-0.15, -0.1) is 0 Å². The highest BCUT2D eigenvalue weighted by Gasteiger charge is 2.04. The summed E-state index contributed by atoms with van der Waals surface area (Å²) in [5.41, 5.74) is 2.48. The maximum absolute atomic E-state index is 10.3. The lowest BCUT2D eigenvalue weighted by molar-refractivity contribution is -0.142. The van der Waals surface area contributed by atoms with E-state index in [1.54, 1.807) is 0 Å². The van der Waals surface area contributed by atoms with Crippen LogP contribution in [0.5, 0.6) is 0 Å². The van der Waals surface area contributed by atoms with Gasteiger partial charge in [-0.05, 0) is 19.1 Å². The van der Waals surface area contributed by atoms with Crippen molar-refractivity contribution in [2.24, 2.45) is 0 Å². The van der Waals surface area contributed by atoms with Gasteiger partial charge in [-0.3, -0.25) is 0 Å². The molecule has 0 aliphatic carbocycles. The van der Waals surface area contributed by atoms with Crippen molar-refractivity contribution in [2.45, 2.75) is 6.92 Å². The van der Waals surface area contributed by atoms with Crippen LogP contribution in [0, 0.1) is 6.92 Å². The largest absolute Gasteiger partial charge is 0.480 e. The van der Waals surface area contributed by atoms with Crippen LogP contribution in [0.1, 0.15) is 5.69 Å². The van der Waals surface area contributed by atoms with Gasteiger partial charge in [0.15, 0.2) is 0 Å². The monoisotopic (exact) mass is 261 g/mol. The van der Waals surface area contributed by atoms with Gasteiger partial charge in [-0.25, -0.2) is 14.8 Å². The van der Waals surface area contributed by atoms with Crippen LogP contribution in [0.25, 0.3) is 11.0 Å². The zero-order valence-electron chi connectivity index (χ0n) is 10.6. The number of aliphatic carboxylic acids is 1. The van der Waals surface area contributed by atoms with E-state index >= 15 is 0 Å². The molecule has 0 radical (unpaired) electrons. The van der Waals surface area contributed by atoms with Gasteiger partial charge in [0.25, 0.3) is 0 Å². The number of nitrogens with zero attached hydrogens (tertiary/aromatic N) is 2. The van der Waals surface area contributed by atoms with Crippen LogP contribution in [-0.2, 0) is 9.53 Å². The molecule has 0 saturated heterocycles. The second-order valence-electron chi connectivity index (χ2n) is 4.02. The summed E-state index contributed by atoms with van der Waals surface area (Å²) in [5, 5.41) is 11.5. The fourth-order valence-electron chi connectivity index (χ4n) is 1.66. The van der Waals surface area contributed by atoms with Crippen molar-refractivity contribution in [1.29, 1.82) is 0 Å². The highest BCUT2D eigenvalue weighted by molar-refractivity contribution is 5.76. The molecule has 2 rings (SSSR count). The quantitative estimate of drug-likeness (QED) is 0.766. The maximum Gasteiger partial charge on any atom is 0.329 e. The lowest BCUT2D eigenvalue weighted by Crippen LogP contribution is -2.15. The summed E-state index contributed by atoms with van der Waals surface area (Å²) in [6.45, 7) is 2.38. The van der Waals surface area contributed by atoms with E-state index in [1.807, 2.05) is 31.2 Å². The molecule has 0 aliphatic rings. The number of benzene rings is 1. The Morgan fingerprint density at radius 1 is 1.32 bits per heavy atom. The van der Waals surface area contributed by atoms with E-state index in [2.05, 4.69) is 15.3 Å². The molecule has 0 spiro atoms. The molecule has 0 atom stereocenters. The van der Waals surface area contributed by atoms with E-state index in [9.17, 15) is 4.79 Å². The van der Waals surface area contributed by atoms with E-state index in [0.717, 1.165) is 16.7 Å². The van der Waals surface area contributed by atoms with Gasteiger partial charge in [0.05, 0.1) is 23.3 Å². The normalized spacial score (nSPS) is 10.6. The third kappa shape index (κ3) is 3.62. The lowest BCUT2D eigenvalue weighted by Gasteiger charge is -2.09. The third-order valence-corrected chi connectivity index (χ3v) is 2.51. The predicted octanol–water partition coefficient (Wildman–Crippen LogP) is 1.45. The van der Waals surface area contributed by atoms with Crippen LogP contribution in [-0.4, -0.2) is 40.8 Å². The number of anilines is 1. The molecule has 1 aromatic heterocycles. The van der Waals surface area contributed by atoms with Gasteiger partial charge < -0.3 is 15.2 Å². The predicted molar refractivity (Wildman–Crippen MR) is 71.2 cm³/mol. The van der Waals surface area contributed by atoms with Crippen molar-refractivity contribution >= 4 is 22.8 Å². The molecule has 0 aliphatic heterocycles. The van der Waals surface area contributed by atoms with Gasteiger partial charge in [0.2, 0.25) is 0 Å². The van der Waals surface area contributed by atoms with Gasteiger partial charge in [-0.1, -0.05) is 12.1 Å². The summed E-state index contributed by atoms with van der Waals surface area (Å²) >= 11 is 0. The van der Waals surface area contributed by atoms with E-state index < -0.39 is 5.97 Å². The molecule has 0 fully saturated rings. The van der Waals surface area contributed by atoms with Gasteiger partial charge in [-0.2, -0.15) is 0 Å². The topological polar surface area (TPSA) is 84.3 Å². The number of carbonyl (C=O) groups is 1. The first-order valence-corrected chi connectivity index (χ1v) is 5.93. The number of hydrogen-bond donors (Lipinski definition) is 2. The molecule has 0 amide bonds. The number of rotatable bonds is 6. The Morgan fingerprint density at radius 2 is 2.00 bits per heavy atom. The summed E-state index contributed by atoms with van der Waals surface area (Å²) in [6.07, 6.45) is 0. The summed E-state index contributed by atoms with van der Waals surface area (Å²) in [4.78, 5) is 19.2. The number of aryl methyl sites for hydroxylation is 1. The van der Waals surface area contributed by atoms with Crippen molar-refractivity contribution in [3.8, 4) is 0 Å². The molecule has 6 heteroatoms. The molecule has 0 bridgehead atoms. The molecule has 2 aromatic rings. The molecule has 100 valence electrons. The molecular formula is C13H15N3O3. The molecule has 6 nitrogen and oxygen atoms in total. The molecular weight excluding hydrogens is 246 g/mol. The highest BCUT2D eigenvalue weighted by atomic mass is 16.5. The molecule has 1 heterocycles. The van der Waals surface area contributed by atoms with Gasteiger partial charge in [0.1, 0.15) is 12.4 Å². The second-order valence-corrected chi connectivity index (χ2v) is 4.02. The van der Waals surface area contributed by atoms with Crippen LogP contribution in [0.3, 0.4) is 0 Å². The van der Waals surface area contributed by atoms with Crippen molar-refractivity contribution in [1.82, 2.24) is 9.97 Å². The first-order chi connectivity index (χ1) is 9.16. The number of fused-ring (bicyclic) bond motifs is 1. The number of nitrogens with one attached hydrogen (secondary N) is 1. The maximum atomic E-state index is 10.3. The minimum Gasteiger partial charge on any atom is -0.480 e. The second kappa shape index (κ2) is 6.10. The highest BCUT2D eigenvalue weighted by Crippen LogP contribution is 2.15. The third-order valence-electron chi connectivity index (χ3n) is 2.51. The lowest BCUT2D eigenvalue weighted by atomic mass is 10.3. The van der Waals surface area contributed by atoms with Crippen molar-refractivity contribution in [3.63, 3.8) is 0 Å². The zero-order chi connectivity index (χ0) is 13.7. The Kier molecular flexibility index (Phi) is 4.25.